The van der Waals surface area contributed by atoms with Gasteiger partial charge in [-0.15, -0.1) is 0 Å². The van der Waals surface area contributed by atoms with Gasteiger partial charge < -0.3 is 24.8 Å². The Morgan fingerprint density at radius 1 is 1.12 bits per heavy atom. The summed E-state index contributed by atoms with van der Waals surface area (Å²) in [6.07, 6.45) is 4.84. The quantitative estimate of drug-likeness (QED) is 0.337. The van der Waals surface area contributed by atoms with Crippen LogP contribution in [-0.2, 0) is 18.3 Å². The van der Waals surface area contributed by atoms with Crippen molar-refractivity contribution in [2.24, 2.45) is 7.05 Å². The van der Waals surface area contributed by atoms with Crippen molar-refractivity contribution in [3.8, 4) is 11.3 Å². The van der Waals surface area contributed by atoms with Crippen LogP contribution in [0.4, 0.5) is 16.6 Å². The molecule has 0 atom stereocenters. The van der Waals surface area contributed by atoms with Crippen LogP contribution in [0.2, 0.25) is 0 Å². The summed E-state index contributed by atoms with van der Waals surface area (Å²) >= 11 is 0. The number of nitrogens with zero attached hydrogens (tertiary/aromatic N) is 7. The van der Waals surface area contributed by atoms with Crippen LogP contribution >= 0.6 is 0 Å². The molecule has 11 heteroatoms. The van der Waals surface area contributed by atoms with E-state index in [1.165, 1.54) is 0 Å². The lowest BCUT2D eigenvalue weighted by molar-refractivity contribution is 0.0497. The monoisotopic (exact) mass is 545 g/mol. The van der Waals surface area contributed by atoms with Crippen molar-refractivity contribution < 1.29 is 9.53 Å². The molecule has 1 saturated heterocycles. The molecule has 1 fully saturated rings. The lowest BCUT2D eigenvalue weighted by atomic mass is 10.0. The van der Waals surface area contributed by atoms with E-state index in [9.17, 15) is 4.79 Å². The third-order valence-corrected chi connectivity index (χ3v) is 7.03. The van der Waals surface area contributed by atoms with Gasteiger partial charge in [0.1, 0.15) is 5.60 Å². The molecule has 5 rings (SSSR count). The van der Waals surface area contributed by atoms with Gasteiger partial charge in [0.2, 0.25) is 5.95 Å². The van der Waals surface area contributed by atoms with Gasteiger partial charge in [-0.25, -0.2) is 9.78 Å². The molecule has 1 aliphatic rings. The van der Waals surface area contributed by atoms with Gasteiger partial charge in [0.25, 0.3) is 0 Å². The fourth-order valence-corrected chi connectivity index (χ4v) is 4.99. The molecule has 40 heavy (non-hydrogen) atoms. The molecule has 3 aromatic heterocycles. The molecular formula is C29H39N9O2. The van der Waals surface area contributed by atoms with Crippen molar-refractivity contribution in [3.63, 3.8) is 0 Å². The maximum absolute atomic E-state index is 12.3. The van der Waals surface area contributed by atoms with Gasteiger partial charge in [0.05, 0.1) is 12.0 Å². The van der Waals surface area contributed by atoms with Crippen molar-refractivity contribution in [2.75, 3.05) is 23.3 Å². The number of ether oxygens (including phenoxy) is 1. The van der Waals surface area contributed by atoms with E-state index in [2.05, 4.69) is 56.2 Å². The number of benzene rings is 1. The predicted octanol–water partition coefficient (Wildman–Crippen LogP) is 4.91. The second kappa shape index (κ2) is 11.1. The number of alkyl carbamates (subject to hydrolysis) is 1. The molecule has 0 saturated carbocycles. The number of hydrogen-bond donors (Lipinski definition) is 2. The van der Waals surface area contributed by atoms with Crippen LogP contribution in [0.3, 0.4) is 0 Å². The number of aryl methyl sites for hydroxylation is 1. The van der Waals surface area contributed by atoms with Gasteiger partial charge in [0.15, 0.2) is 17.0 Å². The van der Waals surface area contributed by atoms with Crippen LogP contribution in [0, 0.1) is 0 Å². The number of hydrogen-bond acceptors (Lipinski definition) is 8. The van der Waals surface area contributed by atoms with E-state index >= 15 is 0 Å². The Bertz CT molecular complexity index is 1480. The average Bonchev–Trinajstić information content (AvgIpc) is 3.53. The molecule has 1 aromatic carbocycles. The highest BCUT2D eigenvalue weighted by Crippen LogP contribution is 2.28. The van der Waals surface area contributed by atoms with E-state index in [0.29, 0.717) is 18.3 Å². The van der Waals surface area contributed by atoms with Gasteiger partial charge in [-0.05, 0) is 59.1 Å². The lowest BCUT2D eigenvalue weighted by Gasteiger charge is -2.33. The highest BCUT2D eigenvalue weighted by Gasteiger charge is 2.26. The summed E-state index contributed by atoms with van der Waals surface area (Å²) < 4.78 is 9.39. The Hall–Kier alpha value is -4.15. The van der Waals surface area contributed by atoms with E-state index in [1.54, 1.807) is 0 Å². The lowest BCUT2D eigenvalue weighted by Crippen LogP contribution is -2.46. The van der Waals surface area contributed by atoms with Crippen molar-refractivity contribution in [1.29, 1.82) is 0 Å². The van der Waals surface area contributed by atoms with Gasteiger partial charge in [-0.3, -0.25) is 4.68 Å². The number of carbonyl (C=O) groups excluding carboxylic acids is 1. The number of aromatic nitrogens is 6. The minimum atomic E-state index is -0.519. The summed E-state index contributed by atoms with van der Waals surface area (Å²) in [5.74, 6) is 1.36. The maximum Gasteiger partial charge on any atom is 0.407 e. The van der Waals surface area contributed by atoms with E-state index < -0.39 is 5.60 Å². The highest BCUT2D eigenvalue weighted by atomic mass is 16.6. The first-order valence-corrected chi connectivity index (χ1v) is 13.9. The van der Waals surface area contributed by atoms with Crippen LogP contribution in [-0.4, -0.2) is 60.1 Å². The Kier molecular flexibility index (Phi) is 7.64. The number of piperidine rings is 1. The van der Waals surface area contributed by atoms with Crippen LogP contribution in [0.1, 0.15) is 59.1 Å². The first kappa shape index (κ1) is 27.4. The van der Waals surface area contributed by atoms with Crippen LogP contribution in [0.25, 0.3) is 22.4 Å². The van der Waals surface area contributed by atoms with Crippen LogP contribution in [0.15, 0.2) is 42.9 Å². The summed E-state index contributed by atoms with van der Waals surface area (Å²) in [5.41, 5.74) is 4.34. The fourth-order valence-electron chi connectivity index (χ4n) is 4.99. The molecule has 4 heterocycles. The number of amides is 1. The molecule has 1 aliphatic heterocycles. The van der Waals surface area contributed by atoms with Gasteiger partial charge in [-0.1, -0.05) is 24.3 Å². The highest BCUT2D eigenvalue weighted by molar-refractivity contribution is 5.84. The first-order valence-electron chi connectivity index (χ1n) is 13.9. The normalized spacial score (nSPS) is 14.6. The smallest absolute Gasteiger partial charge is 0.407 e. The van der Waals surface area contributed by atoms with Gasteiger partial charge in [0, 0.05) is 50.5 Å². The Labute approximate surface area is 235 Å². The van der Waals surface area contributed by atoms with E-state index in [1.807, 2.05) is 63.2 Å². The molecule has 11 nitrogen and oxygen atoms in total. The number of carbonyl (C=O) groups is 1. The molecule has 4 aromatic rings. The van der Waals surface area contributed by atoms with Gasteiger partial charge >= 0.3 is 6.09 Å². The molecule has 0 unspecified atom stereocenters. The molecular weight excluding hydrogens is 506 g/mol. The molecule has 0 spiro atoms. The molecule has 2 N–H and O–H groups in total. The third-order valence-electron chi connectivity index (χ3n) is 7.03. The summed E-state index contributed by atoms with van der Waals surface area (Å²) in [6, 6.07) is 10.6. The number of nitrogens with one attached hydrogen (secondary N) is 2. The second-order valence-corrected chi connectivity index (χ2v) is 11.5. The molecule has 0 radical (unpaired) electrons. The van der Waals surface area contributed by atoms with Gasteiger partial charge in [-0.2, -0.15) is 15.1 Å². The average molecular weight is 546 g/mol. The fraction of sp³-hybridized carbons (Fsp3) is 0.483. The SMILES string of the molecule is CC(C)n1cnc2c(NCc3ccccc3-c3ccnn3C)nc(N3CCC(NC(=O)OC(C)(C)C)CC3)nc21. The Morgan fingerprint density at radius 3 is 2.55 bits per heavy atom. The van der Waals surface area contributed by atoms with Crippen molar-refractivity contribution in [3.05, 3.63) is 48.4 Å². The zero-order valence-corrected chi connectivity index (χ0v) is 24.2. The molecule has 0 bridgehead atoms. The van der Waals surface area contributed by atoms with Crippen molar-refractivity contribution in [1.82, 2.24) is 34.6 Å². The largest absolute Gasteiger partial charge is 0.444 e. The zero-order chi connectivity index (χ0) is 28.4. The molecule has 212 valence electrons. The Balaban J connectivity index is 1.37. The summed E-state index contributed by atoms with van der Waals surface area (Å²) in [4.78, 5) is 29.0. The first-order chi connectivity index (χ1) is 19.1. The molecule has 1 amide bonds. The summed E-state index contributed by atoms with van der Waals surface area (Å²) in [6.45, 7) is 11.9. The number of anilines is 2. The van der Waals surface area contributed by atoms with E-state index in [0.717, 1.165) is 53.9 Å². The third kappa shape index (κ3) is 6.03. The van der Waals surface area contributed by atoms with Crippen molar-refractivity contribution in [2.45, 2.75) is 71.7 Å². The molecule has 0 aliphatic carbocycles. The Morgan fingerprint density at radius 2 is 1.88 bits per heavy atom. The minimum Gasteiger partial charge on any atom is -0.444 e. The standard InChI is InChI=1S/C29H39N9O2/c1-19(2)38-18-31-24-25(30-17-20-9-7-8-10-22(20)23-11-14-32-36(23)6)34-27(35-26(24)38)37-15-12-21(13-16-37)33-28(39)40-29(3,4)5/h7-11,14,18-19,21H,12-13,15-17H2,1-6H3,(H,33,39)(H,30,34,35). The predicted molar refractivity (Wildman–Crippen MR) is 156 cm³/mol. The van der Waals surface area contributed by atoms with Crippen molar-refractivity contribution >= 4 is 29.0 Å². The van der Waals surface area contributed by atoms with E-state index in [4.69, 9.17) is 14.7 Å². The second-order valence-electron chi connectivity index (χ2n) is 11.5. The minimum absolute atomic E-state index is 0.0529. The summed E-state index contributed by atoms with van der Waals surface area (Å²) in [5, 5.41) is 10.9. The van der Waals surface area contributed by atoms with E-state index in [-0.39, 0.29) is 18.2 Å². The summed E-state index contributed by atoms with van der Waals surface area (Å²) in [7, 11) is 1.95. The number of imidazole rings is 1. The topological polar surface area (TPSA) is 115 Å². The van der Waals surface area contributed by atoms with Crippen LogP contribution in [0.5, 0.6) is 0 Å². The van der Waals surface area contributed by atoms with Crippen LogP contribution < -0.4 is 15.5 Å². The number of fused-ring (bicyclic) bond motifs is 1. The zero-order valence-electron chi connectivity index (χ0n) is 24.2. The maximum atomic E-state index is 12.3. The number of rotatable bonds is 7.